The maximum atomic E-state index is 13.7. The third-order valence-electron chi connectivity index (χ3n) is 5.36. The van der Waals surface area contributed by atoms with E-state index in [1.807, 2.05) is 0 Å². The number of aryl methyl sites for hydroxylation is 1. The first-order valence-corrected chi connectivity index (χ1v) is 10.7. The van der Waals surface area contributed by atoms with Gasteiger partial charge in [0, 0.05) is 12.1 Å². The van der Waals surface area contributed by atoms with Crippen molar-refractivity contribution in [3.05, 3.63) is 98.9 Å². The highest BCUT2D eigenvalue weighted by Gasteiger charge is 2.46. The number of furan rings is 1. The van der Waals surface area contributed by atoms with Gasteiger partial charge in [-0.25, -0.2) is 9.37 Å². The van der Waals surface area contributed by atoms with Gasteiger partial charge in [0.1, 0.15) is 11.6 Å². The second-order valence-corrected chi connectivity index (χ2v) is 8.55. The number of benzene rings is 2. The highest BCUT2D eigenvalue weighted by molar-refractivity contribution is 7.22. The number of aromatic nitrogens is 1. The van der Waals surface area contributed by atoms with E-state index >= 15 is 0 Å². The summed E-state index contributed by atoms with van der Waals surface area (Å²) in [6.45, 7) is 1.63. The van der Waals surface area contributed by atoms with Crippen LogP contribution in [-0.2, 0) is 4.79 Å². The monoisotopic (exact) mass is 479 g/mol. The number of aliphatic hydroxyl groups is 1. The summed E-state index contributed by atoms with van der Waals surface area (Å²) in [5, 5.41) is 22.2. The van der Waals surface area contributed by atoms with Crippen LogP contribution < -0.4 is 4.90 Å². The van der Waals surface area contributed by atoms with Gasteiger partial charge in [-0.3, -0.25) is 24.6 Å². The lowest BCUT2D eigenvalue weighted by atomic mass is 9.95. The molecule has 0 saturated carbocycles. The number of thiazole rings is 1. The normalized spacial score (nSPS) is 16.0. The minimum absolute atomic E-state index is 0.0899. The Morgan fingerprint density at radius 1 is 1.24 bits per heavy atom. The quantitative estimate of drug-likeness (QED) is 0.242. The van der Waals surface area contributed by atoms with E-state index in [0.717, 1.165) is 16.2 Å². The summed E-state index contributed by atoms with van der Waals surface area (Å²) in [5.74, 6) is -2.62. The van der Waals surface area contributed by atoms with Crippen LogP contribution in [0.2, 0.25) is 0 Å². The summed E-state index contributed by atoms with van der Waals surface area (Å²) in [6, 6.07) is 11.1. The Morgan fingerprint density at radius 2 is 2.03 bits per heavy atom. The molecule has 4 aromatic rings. The molecule has 3 heterocycles. The van der Waals surface area contributed by atoms with Crippen molar-refractivity contribution in [2.45, 2.75) is 13.0 Å². The average Bonchev–Trinajstić information content (AvgIpc) is 3.49. The maximum Gasteiger partial charge on any atom is 0.296 e. The van der Waals surface area contributed by atoms with Gasteiger partial charge in [0.2, 0.25) is 5.78 Å². The number of carbonyl (C=O) groups is 2. The molecule has 1 N–H and O–H groups in total. The molecule has 0 saturated heterocycles. The number of Topliss-reactive ketones (excluding diaryl/α,β-unsaturated/α-hetero) is 1. The largest absolute Gasteiger partial charge is 0.503 e. The van der Waals surface area contributed by atoms with Crippen molar-refractivity contribution in [1.29, 1.82) is 0 Å². The number of hydrogen-bond donors (Lipinski definition) is 1. The summed E-state index contributed by atoms with van der Waals surface area (Å²) in [4.78, 5) is 42.7. The lowest BCUT2D eigenvalue weighted by Crippen LogP contribution is -2.31. The Bertz CT molecular complexity index is 1540. The Balaban J connectivity index is 1.70. The SMILES string of the molecule is Cc1ccc(C(=O)C2=C(O)C(=O)N(c3nc4ccc(F)cc4s3)[C@H]2c2cccc([N+](=O)[O-])c2)o1. The molecule has 1 aliphatic heterocycles. The standard InChI is InChI=1S/C23H14FN3O6S/c1-11-5-8-16(33-11)20(28)18-19(12-3-2-4-14(9-12)27(31)32)26(22(30)21(18)29)23-25-15-7-6-13(24)10-17(15)34-23/h2-10,19,29H,1H3/t19-/m0/s1. The molecule has 0 bridgehead atoms. The van der Waals surface area contributed by atoms with Crippen LogP contribution in [0.3, 0.4) is 0 Å². The van der Waals surface area contributed by atoms with Gasteiger partial charge in [-0.15, -0.1) is 0 Å². The fraction of sp³-hybridized carbons (Fsp3) is 0.0870. The molecule has 0 aliphatic carbocycles. The van der Waals surface area contributed by atoms with E-state index in [0.29, 0.717) is 16.0 Å². The van der Waals surface area contributed by atoms with Crippen molar-refractivity contribution in [2.75, 3.05) is 4.90 Å². The summed E-state index contributed by atoms with van der Waals surface area (Å²) in [7, 11) is 0. The number of amides is 1. The van der Waals surface area contributed by atoms with E-state index in [2.05, 4.69) is 4.98 Å². The van der Waals surface area contributed by atoms with Crippen molar-refractivity contribution >= 4 is 44.1 Å². The zero-order valence-corrected chi connectivity index (χ0v) is 18.2. The molecular formula is C23H14FN3O6S. The first kappa shape index (κ1) is 21.5. The van der Waals surface area contributed by atoms with Crippen LogP contribution in [0.4, 0.5) is 15.2 Å². The number of ketones is 1. The van der Waals surface area contributed by atoms with E-state index in [1.165, 1.54) is 48.5 Å². The van der Waals surface area contributed by atoms with Gasteiger partial charge in [0.15, 0.2) is 16.7 Å². The lowest BCUT2D eigenvalue weighted by molar-refractivity contribution is -0.384. The van der Waals surface area contributed by atoms with Crippen molar-refractivity contribution in [3.63, 3.8) is 0 Å². The highest BCUT2D eigenvalue weighted by Crippen LogP contribution is 2.44. The predicted molar refractivity (Wildman–Crippen MR) is 120 cm³/mol. The minimum atomic E-state index is -1.23. The molecule has 1 atom stereocenters. The molecule has 1 aliphatic rings. The van der Waals surface area contributed by atoms with E-state index in [1.54, 1.807) is 13.0 Å². The van der Waals surface area contributed by atoms with Crippen LogP contribution in [0.25, 0.3) is 10.2 Å². The van der Waals surface area contributed by atoms with Gasteiger partial charge in [-0.1, -0.05) is 23.5 Å². The number of rotatable bonds is 5. The minimum Gasteiger partial charge on any atom is -0.503 e. The van der Waals surface area contributed by atoms with Crippen LogP contribution >= 0.6 is 11.3 Å². The smallest absolute Gasteiger partial charge is 0.296 e. The highest BCUT2D eigenvalue weighted by atomic mass is 32.1. The summed E-state index contributed by atoms with van der Waals surface area (Å²) in [6.07, 6.45) is 0. The fourth-order valence-electron chi connectivity index (χ4n) is 3.84. The van der Waals surface area contributed by atoms with E-state index < -0.39 is 34.2 Å². The van der Waals surface area contributed by atoms with E-state index in [4.69, 9.17) is 4.42 Å². The molecule has 0 spiro atoms. The van der Waals surface area contributed by atoms with Gasteiger partial charge in [0.25, 0.3) is 11.6 Å². The van der Waals surface area contributed by atoms with Gasteiger partial charge in [0.05, 0.1) is 26.8 Å². The molecule has 0 fully saturated rings. The van der Waals surface area contributed by atoms with Crippen molar-refractivity contribution in [2.24, 2.45) is 0 Å². The molecule has 0 radical (unpaired) electrons. The van der Waals surface area contributed by atoms with Crippen LogP contribution in [0.1, 0.15) is 27.9 Å². The van der Waals surface area contributed by atoms with Crippen LogP contribution in [0.5, 0.6) is 0 Å². The molecule has 1 amide bonds. The molecule has 34 heavy (non-hydrogen) atoms. The zero-order valence-electron chi connectivity index (χ0n) is 17.4. The Morgan fingerprint density at radius 3 is 2.74 bits per heavy atom. The third kappa shape index (κ3) is 3.42. The number of aliphatic hydroxyl groups excluding tert-OH is 1. The molecule has 11 heteroatoms. The van der Waals surface area contributed by atoms with Gasteiger partial charge in [-0.2, -0.15) is 0 Å². The number of nitro groups is 1. The molecule has 5 rings (SSSR count). The molecular weight excluding hydrogens is 465 g/mol. The van der Waals surface area contributed by atoms with Crippen molar-refractivity contribution < 1.29 is 28.4 Å². The topological polar surface area (TPSA) is 127 Å². The number of halogens is 1. The predicted octanol–water partition coefficient (Wildman–Crippen LogP) is 5.03. The lowest BCUT2D eigenvalue weighted by Gasteiger charge is -2.24. The summed E-state index contributed by atoms with van der Waals surface area (Å²) < 4.78 is 19.6. The van der Waals surface area contributed by atoms with Gasteiger partial charge >= 0.3 is 0 Å². The van der Waals surface area contributed by atoms with E-state index in [9.17, 15) is 29.2 Å². The molecule has 2 aromatic heterocycles. The van der Waals surface area contributed by atoms with Crippen LogP contribution in [-0.4, -0.2) is 26.7 Å². The van der Waals surface area contributed by atoms with Crippen molar-refractivity contribution in [1.82, 2.24) is 4.98 Å². The zero-order chi connectivity index (χ0) is 24.1. The van der Waals surface area contributed by atoms with Crippen molar-refractivity contribution in [3.8, 4) is 0 Å². The molecule has 0 unspecified atom stereocenters. The number of carbonyl (C=O) groups excluding carboxylic acids is 2. The molecule has 9 nitrogen and oxygen atoms in total. The first-order valence-electron chi connectivity index (χ1n) is 9.93. The molecule has 2 aromatic carbocycles. The van der Waals surface area contributed by atoms with E-state index in [-0.39, 0.29) is 27.7 Å². The Hall–Kier alpha value is -4.38. The fourth-order valence-corrected chi connectivity index (χ4v) is 4.85. The second kappa shape index (κ2) is 7.89. The van der Waals surface area contributed by atoms with Crippen LogP contribution in [0, 0.1) is 22.9 Å². The number of hydrogen-bond acceptors (Lipinski definition) is 8. The Kier molecular flexibility index (Phi) is 4.98. The van der Waals surface area contributed by atoms with Gasteiger partial charge in [-0.05, 0) is 42.8 Å². The molecule has 170 valence electrons. The third-order valence-corrected chi connectivity index (χ3v) is 6.38. The van der Waals surface area contributed by atoms with Crippen LogP contribution in [0.15, 0.2) is 70.3 Å². The van der Waals surface area contributed by atoms with Gasteiger partial charge < -0.3 is 9.52 Å². The number of non-ortho nitro benzene ring substituents is 1. The maximum absolute atomic E-state index is 13.7. The Labute approximate surface area is 194 Å². The summed E-state index contributed by atoms with van der Waals surface area (Å²) in [5.41, 5.74) is 0.0603. The number of nitro benzene ring substituents is 1. The number of nitrogens with zero attached hydrogens (tertiary/aromatic N) is 3. The average molecular weight is 479 g/mol. The number of anilines is 1. The summed E-state index contributed by atoms with van der Waals surface area (Å²) >= 11 is 0.985. The second-order valence-electron chi connectivity index (χ2n) is 7.54. The first-order chi connectivity index (χ1) is 16.2. The number of fused-ring (bicyclic) bond motifs is 1.